The Morgan fingerprint density at radius 3 is 2.91 bits per heavy atom. The molecule has 1 aromatic heterocycles. The highest BCUT2D eigenvalue weighted by Gasteiger charge is 1.96. The van der Waals surface area contributed by atoms with Crippen LogP contribution in [0.4, 0.5) is 0 Å². The van der Waals surface area contributed by atoms with Crippen LogP contribution in [0.3, 0.4) is 0 Å². The zero-order chi connectivity index (χ0) is 8.10. The van der Waals surface area contributed by atoms with Crippen molar-refractivity contribution in [3.05, 3.63) is 20.8 Å². The normalized spacial score (nSPS) is 10.4. The van der Waals surface area contributed by atoms with Gasteiger partial charge in [-0.25, -0.2) is 4.89 Å². The summed E-state index contributed by atoms with van der Waals surface area (Å²) in [6.07, 6.45) is 0.827. The van der Waals surface area contributed by atoms with Gasteiger partial charge in [-0.2, -0.15) is 5.90 Å². The van der Waals surface area contributed by atoms with E-state index in [0.29, 0.717) is 6.61 Å². The summed E-state index contributed by atoms with van der Waals surface area (Å²) in [6, 6.07) is 4.04. The van der Waals surface area contributed by atoms with E-state index >= 15 is 0 Å². The Kier molecular flexibility index (Phi) is 4.03. The first-order chi connectivity index (χ1) is 5.33. The zero-order valence-electron chi connectivity index (χ0n) is 5.75. The van der Waals surface area contributed by atoms with Crippen molar-refractivity contribution in [1.29, 1.82) is 0 Å². The van der Waals surface area contributed by atoms with Crippen LogP contribution in [0.2, 0.25) is 0 Å². The first-order valence-electron chi connectivity index (χ1n) is 3.05. The molecule has 1 aromatic rings. The number of halogens is 1. The molecule has 0 atom stereocenters. The Hall–Kier alpha value is 0.0600. The summed E-state index contributed by atoms with van der Waals surface area (Å²) in [5.74, 6) is 4.67. The van der Waals surface area contributed by atoms with Crippen LogP contribution in [0, 0.1) is 0 Å². The second-order valence-corrected chi connectivity index (χ2v) is 4.42. The van der Waals surface area contributed by atoms with Gasteiger partial charge in [0.2, 0.25) is 0 Å². The van der Waals surface area contributed by atoms with E-state index < -0.39 is 0 Å². The maximum Gasteiger partial charge on any atom is 0.0890 e. The van der Waals surface area contributed by atoms with Crippen molar-refractivity contribution in [2.75, 3.05) is 6.61 Å². The van der Waals surface area contributed by atoms with Crippen LogP contribution in [-0.2, 0) is 16.3 Å². The molecule has 0 fully saturated rings. The summed E-state index contributed by atoms with van der Waals surface area (Å²) < 4.78 is 1.13. The molecule has 0 unspecified atom stereocenters. The van der Waals surface area contributed by atoms with Gasteiger partial charge in [0, 0.05) is 11.3 Å². The topological polar surface area (TPSA) is 44.5 Å². The van der Waals surface area contributed by atoms with Gasteiger partial charge in [0.1, 0.15) is 0 Å². The zero-order valence-corrected chi connectivity index (χ0v) is 8.15. The van der Waals surface area contributed by atoms with Gasteiger partial charge in [-0.05, 0) is 28.1 Å². The average molecular weight is 238 g/mol. The van der Waals surface area contributed by atoms with Crippen molar-refractivity contribution >= 4 is 27.3 Å². The third kappa shape index (κ3) is 3.31. The number of rotatable bonds is 4. The maximum absolute atomic E-state index is 4.67. The SMILES string of the molecule is NOOCCc1ccc(Br)s1. The molecule has 0 aliphatic carbocycles. The Balaban J connectivity index is 2.27. The molecule has 1 rings (SSSR count). The van der Waals surface area contributed by atoms with Gasteiger partial charge >= 0.3 is 0 Å². The minimum atomic E-state index is 0.490. The van der Waals surface area contributed by atoms with Crippen molar-refractivity contribution in [3.8, 4) is 0 Å². The Bertz CT molecular complexity index is 216. The Labute approximate surface area is 77.1 Å². The van der Waals surface area contributed by atoms with Crippen LogP contribution in [0.5, 0.6) is 0 Å². The molecule has 0 saturated heterocycles. The van der Waals surface area contributed by atoms with Crippen molar-refractivity contribution in [2.45, 2.75) is 6.42 Å². The van der Waals surface area contributed by atoms with Crippen LogP contribution in [-0.4, -0.2) is 6.61 Å². The standard InChI is InChI=1S/C6H8BrNO2S/c7-6-2-1-5(11-6)3-4-9-10-8/h1-2H,3-4,8H2. The minimum Gasteiger partial charge on any atom is -0.218 e. The monoisotopic (exact) mass is 237 g/mol. The third-order valence-corrected chi connectivity index (χ3v) is 2.81. The van der Waals surface area contributed by atoms with E-state index in [1.807, 2.05) is 12.1 Å². The molecule has 0 spiro atoms. The molecular formula is C6H8BrNO2S. The Morgan fingerprint density at radius 1 is 1.55 bits per heavy atom. The molecular weight excluding hydrogens is 230 g/mol. The summed E-state index contributed by atoms with van der Waals surface area (Å²) >= 11 is 5.04. The maximum atomic E-state index is 4.67. The molecule has 0 amide bonds. The van der Waals surface area contributed by atoms with E-state index in [0.717, 1.165) is 10.2 Å². The van der Waals surface area contributed by atoms with Crippen molar-refractivity contribution in [1.82, 2.24) is 0 Å². The largest absolute Gasteiger partial charge is 0.218 e. The number of hydrogen-bond acceptors (Lipinski definition) is 4. The summed E-state index contributed by atoms with van der Waals surface area (Å²) in [5.41, 5.74) is 0. The number of hydrogen-bond donors (Lipinski definition) is 1. The van der Waals surface area contributed by atoms with Crippen molar-refractivity contribution in [2.24, 2.45) is 5.90 Å². The minimum absolute atomic E-state index is 0.490. The second-order valence-electron chi connectivity index (χ2n) is 1.87. The summed E-state index contributed by atoms with van der Waals surface area (Å²) in [4.78, 5) is 9.72. The predicted molar refractivity (Wildman–Crippen MR) is 46.9 cm³/mol. The van der Waals surface area contributed by atoms with Gasteiger partial charge in [-0.3, -0.25) is 0 Å². The first-order valence-corrected chi connectivity index (χ1v) is 4.66. The molecule has 2 N–H and O–H groups in total. The van der Waals surface area contributed by atoms with Gasteiger partial charge in [-0.1, -0.05) is 0 Å². The lowest BCUT2D eigenvalue weighted by Gasteiger charge is -1.95. The van der Waals surface area contributed by atoms with E-state index in [4.69, 9.17) is 0 Å². The van der Waals surface area contributed by atoms with Crippen LogP contribution in [0.15, 0.2) is 15.9 Å². The van der Waals surface area contributed by atoms with E-state index in [1.54, 1.807) is 11.3 Å². The smallest absolute Gasteiger partial charge is 0.0890 e. The fourth-order valence-electron chi connectivity index (χ4n) is 0.676. The van der Waals surface area contributed by atoms with Gasteiger partial charge < -0.3 is 0 Å². The lowest BCUT2D eigenvalue weighted by Crippen LogP contribution is -2.03. The van der Waals surface area contributed by atoms with E-state index in [9.17, 15) is 0 Å². The molecule has 5 heteroatoms. The van der Waals surface area contributed by atoms with Gasteiger partial charge in [0.15, 0.2) is 0 Å². The quantitative estimate of drug-likeness (QED) is 0.494. The summed E-state index contributed by atoms with van der Waals surface area (Å²) in [6.45, 7) is 0.490. The van der Waals surface area contributed by atoms with Crippen LogP contribution >= 0.6 is 27.3 Å². The third-order valence-electron chi connectivity index (χ3n) is 1.13. The number of thiophene rings is 1. The lowest BCUT2D eigenvalue weighted by atomic mass is 10.4. The molecule has 0 bridgehead atoms. The Morgan fingerprint density at radius 2 is 2.36 bits per heavy atom. The second kappa shape index (κ2) is 4.84. The highest BCUT2D eigenvalue weighted by molar-refractivity contribution is 9.11. The molecule has 0 saturated carbocycles. The molecule has 1 heterocycles. The fraction of sp³-hybridized carbons (Fsp3) is 0.333. The van der Waals surface area contributed by atoms with E-state index in [2.05, 4.69) is 31.7 Å². The van der Waals surface area contributed by atoms with Crippen LogP contribution < -0.4 is 5.90 Å². The van der Waals surface area contributed by atoms with E-state index in [-0.39, 0.29) is 0 Å². The van der Waals surface area contributed by atoms with Crippen molar-refractivity contribution < 1.29 is 9.88 Å². The first kappa shape index (κ1) is 9.15. The molecule has 62 valence electrons. The highest BCUT2D eigenvalue weighted by atomic mass is 79.9. The molecule has 3 nitrogen and oxygen atoms in total. The van der Waals surface area contributed by atoms with Gasteiger partial charge in [-0.15, -0.1) is 16.3 Å². The van der Waals surface area contributed by atoms with Crippen molar-refractivity contribution in [3.63, 3.8) is 0 Å². The van der Waals surface area contributed by atoms with Gasteiger partial charge in [0.25, 0.3) is 0 Å². The van der Waals surface area contributed by atoms with E-state index in [1.165, 1.54) is 4.88 Å². The van der Waals surface area contributed by atoms with Crippen LogP contribution in [0.25, 0.3) is 0 Å². The lowest BCUT2D eigenvalue weighted by molar-refractivity contribution is -0.298. The number of nitrogens with two attached hydrogens (primary N) is 1. The van der Waals surface area contributed by atoms with Gasteiger partial charge in [0.05, 0.1) is 10.4 Å². The molecule has 0 aliphatic rings. The summed E-state index contributed by atoms with van der Waals surface area (Å²) in [7, 11) is 0. The summed E-state index contributed by atoms with van der Waals surface area (Å²) in [5, 5.41) is 0. The molecule has 0 aromatic carbocycles. The predicted octanol–water partition coefficient (Wildman–Crippen LogP) is 1.87. The van der Waals surface area contributed by atoms with Crippen LogP contribution in [0.1, 0.15) is 4.88 Å². The average Bonchev–Trinajstić information content (AvgIpc) is 2.37. The molecule has 0 radical (unpaired) electrons. The fourth-order valence-corrected chi connectivity index (χ4v) is 2.14. The molecule has 0 aliphatic heterocycles. The highest BCUT2D eigenvalue weighted by Crippen LogP contribution is 2.22. The molecule has 11 heavy (non-hydrogen) atoms.